The van der Waals surface area contributed by atoms with Crippen molar-refractivity contribution in [2.24, 2.45) is 16.6 Å². The standard InChI is InChI=1S/C21H16ClF2N5O2S/c1-20(14-7-21(14,18(30)31)32-19(25)29-20)12-5-11(6-13(23)15(12)24)28-17-16-9(2-3-26-17)4-10(22)8-27-16/h2-6,8,14H,7H2,1H3,(H2,25,29)(H,26,28)(H,30,31). The molecule has 1 aliphatic carbocycles. The number of rotatable bonds is 4. The van der Waals surface area contributed by atoms with E-state index in [2.05, 4.69) is 20.3 Å². The predicted octanol–water partition coefficient (Wildman–Crippen LogP) is 4.43. The molecule has 2 aromatic heterocycles. The summed E-state index contributed by atoms with van der Waals surface area (Å²) in [5.41, 5.74) is 5.20. The average Bonchev–Trinajstić information content (AvgIpc) is 3.47. The molecule has 7 nitrogen and oxygen atoms in total. The maximum absolute atomic E-state index is 15.0. The summed E-state index contributed by atoms with van der Waals surface area (Å²) in [6.45, 7) is 1.58. The highest BCUT2D eigenvalue weighted by Gasteiger charge is 2.71. The molecule has 0 amide bonds. The Kier molecular flexibility index (Phi) is 4.58. The Morgan fingerprint density at radius 3 is 2.88 bits per heavy atom. The molecule has 1 saturated carbocycles. The first-order valence-corrected chi connectivity index (χ1v) is 10.8. The van der Waals surface area contributed by atoms with Crippen molar-refractivity contribution in [3.8, 4) is 0 Å². The first kappa shape index (κ1) is 20.9. The summed E-state index contributed by atoms with van der Waals surface area (Å²) in [7, 11) is 0. The Morgan fingerprint density at radius 2 is 2.12 bits per heavy atom. The van der Waals surface area contributed by atoms with Gasteiger partial charge in [-0.3, -0.25) is 14.8 Å². The summed E-state index contributed by atoms with van der Waals surface area (Å²) in [6.07, 6.45) is 3.26. The quantitative estimate of drug-likeness (QED) is 0.511. The molecule has 5 rings (SSSR count). The van der Waals surface area contributed by atoms with E-state index in [1.807, 2.05) is 0 Å². The van der Waals surface area contributed by atoms with Gasteiger partial charge in [0.2, 0.25) is 0 Å². The van der Waals surface area contributed by atoms with Gasteiger partial charge < -0.3 is 16.2 Å². The van der Waals surface area contributed by atoms with Gasteiger partial charge in [-0.15, -0.1) is 0 Å². The number of halogens is 3. The third-order valence-electron chi connectivity index (χ3n) is 5.98. The molecule has 164 valence electrons. The number of nitrogens with two attached hydrogens (primary N) is 1. The van der Waals surface area contributed by atoms with E-state index in [1.54, 1.807) is 25.3 Å². The Morgan fingerprint density at radius 1 is 1.34 bits per heavy atom. The third-order valence-corrected chi connectivity index (χ3v) is 7.48. The number of fused-ring (bicyclic) bond motifs is 2. The number of thioether (sulfide) groups is 1. The number of benzene rings is 1. The number of carbonyl (C=O) groups is 1. The number of aliphatic imine (C=N–C) groups is 1. The Hall–Kier alpha value is -2.98. The number of hydrogen-bond donors (Lipinski definition) is 3. The molecule has 2 aliphatic rings. The number of nitrogens with one attached hydrogen (secondary N) is 1. The Bertz CT molecular complexity index is 1340. The summed E-state index contributed by atoms with van der Waals surface area (Å²) in [4.78, 5) is 24.7. The topological polar surface area (TPSA) is 113 Å². The molecule has 0 saturated heterocycles. The fourth-order valence-electron chi connectivity index (χ4n) is 4.34. The minimum Gasteiger partial charge on any atom is -0.480 e. The number of pyridine rings is 2. The van der Waals surface area contributed by atoms with Crippen LogP contribution in [0, 0.1) is 17.6 Å². The second kappa shape index (κ2) is 7.01. The van der Waals surface area contributed by atoms with Crippen molar-refractivity contribution in [3.05, 3.63) is 58.9 Å². The van der Waals surface area contributed by atoms with Gasteiger partial charge in [-0.2, -0.15) is 0 Å². The molecule has 1 aromatic carbocycles. The van der Waals surface area contributed by atoms with Crippen LogP contribution >= 0.6 is 23.4 Å². The molecule has 3 aromatic rings. The summed E-state index contributed by atoms with van der Waals surface area (Å²) in [5.74, 6) is -3.45. The normalized spacial score (nSPS) is 26.4. The number of aliphatic carboxylic acids is 1. The van der Waals surface area contributed by atoms with Crippen molar-refractivity contribution in [2.45, 2.75) is 23.6 Å². The van der Waals surface area contributed by atoms with E-state index >= 15 is 0 Å². The molecule has 4 N–H and O–H groups in total. The summed E-state index contributed by atoms with van der Waals surface area (Å²) < 4.78 is 28.5. The molecule has 0 spiro atoms. The van der Waals surface area contributed by atoms with Crippen LogP contribution in [0.5, 0.6) is 0 Å². The van der Waals surface area contributed by atoms with Gasteiger partial charge in [-0.25, -0.2) is 13.8 Å². The van der Waals surface area contributed by atoms with Gasteiger partial charge in [-0.05, 0) is 31.5 Å². The van der Waals surface area contributed by atoms with Gasteiger partial charge in [0.15, 0.2) is 22.6 Å². The monoisotopic (exact) mass is 475 g/mol. The number of nitrogens with zero attached hydrogens (tertiary/aromatic N) is 3. The molecule has 1 aliphatic heterocycles. The van der Waals surface area contributed by atoms with E-state index in [9.17, 15) is 18.7 Å². The van der Waals surface area contributed by atoms with E-state index in [4.69, 9.17) is 17.3 Å². The minimum absolute atomic E-state index is 0.0265. The second-order valence-corrected chi connectivity index (χ2v) is 9.77. The number of hydrogen-bond acceptors (Lipinski definition) is 7. The van der Waals surface area contributed by atoms with Crippen LogP contribution in [0.1, 0.15) is 18.9 Å². The van der Waals surface area contributed by atoms with E-state index in [-0.39, 0.29) is 22.8 Å². The molecule has 1 fully saturated rings. The Balaban J connectivity index is 1.60. The van der Waals surface area contributed by atoms with Crippen LogP contribution in [0.25, 0.3) is 10.9 Å². The van der Waals surface area contributed by atoms with Gasteiger partial charge in [0, 0.05) is 41.0 Å². The molecule has 0 bridgehead atoms. The lowest BCUT2D eigenvalue weighted by molar-refractivity contribution is -0.137. The zero-order valence-corrected chi connectivity index (χ0v) is 18.1. The number of amidine groups is 1. The minimum atomic E-state index is -1.34. The fourth-order valence-corrected chi connectivity index (χ4v) is 5.83. The highest BCUT2D eigenvalue weighted by atomic mass is 35.5. The van der Waals surface area contributed by atoms with Crippen molar-refractivity contribution in [3.63, 3.8) is 0 Å². The van der Waals surface area contributed by atoms with Gasteiger partial charge >= 0.3 is 5.97 Å². The highest BCUT2D eigenvalue weighted by Crippen LogP contribution is 2.66. The van der Waals surface area contributed by atoms with Crippen molar-refractivity contribution in [1.82, 2.24) is 9.97 Å². The molecular formula is C21H16ClF2N5O2S. The lowest BCUT2D eigenvalue weighted by Gasteiger charge is -2.33. The van der Waals surface area contributed by atoms with Crippen LogP contribution in [-0.4, -0.2) is 31.0 Å². The van der Waals surface area contributed by atoms with Crippen molar-refractivity contribution >= 4 is 56.9 Å². The number of anilines is 2. The molecule has 11 heteroatoms. The van der Waals surface area contributed by atoms with Crippen molar-refractivity contribution in [1.29, 1.82) is 0 Å². The molecule has 0 radical (unpaired) electrons. The zero-order chi connectivity index (χ0) is 22.8. The Labute approximate surface area is 190 Å². The summed E-state index contributed by atoms with van der Waals surface area (Å²) in [5, 5.41) is 13.9. The van der Waals surface area contributed by atoms with Crippen LogP contribution in [0.3, 0.4) is 0 Å². The first-order valence-electron chi connectivity index (χ1n) is 9.58. The molecule has 3 unspecified atom stereocenters. The van der Waals surface area contributed by atoms with Gasteiger partial charge in [-0.1, -0.05) is 23.4 Å². The maximum Gasteiger partial charge on any atom is 0.320 e. The van der Waals surface area contributed by atoms with E-state index in [1.165, 1.54) is 12.3 Å². The van der Waals surface area contributed by atoms with Crippen LogP contribution < -0.4 is 11.1 Å². The molecule has 32 heavy (non-hydrogen) atoms. The SMILES string of the molecule is CC1(c2cc(Nc3nccc4cc(Cl)cnc34)cc(F)c2F)N=C(N)SC2(C(=O)O)CC21. The van der Waals surface area contributed by atoms with E-state index < -0.39 is 33.8 Å². The van der Waals surface area contributed by atoms with E-state index in [0.29, 0.717) is 16.4 Å². The van der Waals surface area contributed by atoms with Crippen molar-refractivity contribution < 1.29 is 18.7 Å². The van der Waals surface area contributed by atoms with Gasteiger partial charge in [0.05, 0.1) is 10.6 Å². The average molecular weight is 476 g/mol. The zero-order valence-electron chi connectivity index (χ0n) is 16.6. The highest BCUT2D eigenvalue weighted by molar-refractivity contribution is 8.15. The van der Waals surface area contributed by atoms with Crippen LogP contribution in [-0.2, 0) is 10.3 Å². The molecule has 3 atom stereocenters. The van der Waals surface area contributed by atoms with E-state index in [0.717, 1.165) is 23.2 Å². The van der Waals surface area contributed by atoms with Crippen LogP contribution in [0.2, 0.25) is 5.02 Å². The second-order valence-electron chi connectivity index (χ2n) is 7.98. The number of aromatic nitrogens is 2. The van der Waals surface area contributed by atoms with Crippen LogP contribution in [0.15, 0.2) is 41.7 Å². The molecular weight excluding hydrogens is 460 g/mol. The summed E-state index contributed by atoms with van der Waals surface area (Å²) in [6, 6.07) is 5.85. The first-order chi connectivity index (χ1) is 15.1. The fraction of sp³-hybridized carbons (Fsp3) is 0.238. The largest absolute Gasteiger partial charge is 0.480 e. The number of carboxylic acids is 1. The lowest BCUT2D eigenvalue weighted by atomic mass is 9.85. The lowest BCUT2D eigenvalue weighted by Crippen LogP contribution is -2.39. The number of carboxylic acid groups (broad SMARTS) is 1. The third kappa shape index (κ3) is 3.08. The maximum atomic E-state index is 15.0. The smallest absolute Gasteiger partial charge is 0.320 e. The predicted molar refractivity (Wildman–Crippen MR) is 119 cm³/mol. The summed E-state index contributed by atoms with van der Waals surface area (Å²) >= 11 is 6.95. The molecule has 3 heterocycles. The van der Waals surface area contributed by atoms with Gasteiger partial charge in [0.1, 0.15) is 10.3 Å². The van der Waals surface area contributed by atoms with Gasteiger partial charge in [0.25, 0.3) is 0 Å². The van der Waals surface area contributed by atoms with Crippen molar-refractivity contribution in [2.75, 3.05) is 5.32 Å². The van der Waals surface area contributed by atoms with Crippen LogP contribution in [0.4, 0.5) is 20.3 Å².